The molecule has 6 nitrogen and oxygen atoms in total. The topological polar surface area (TPSA) is 106 Å². The first-order valence-electron chi connectivity index (χ1n) is 3.72. The van der Waals surface area contributed by atoms with Gasteiger partial charge in [-0.2, -0.15) is 0 Å². The monoisotopic (exact) mass is 196 g/mol. The molecule has 0 aliphatic heterocycles. The Morgan fingerprint density at radius 2 is 2.14 bits per heavy atom. The Morgan fingerprint density at radius 3 is 2.50 bits per heavy atom. The van der Waals surface area contributed by atoms with E-state index < -0.39 is 22.1 Å². The first-order valence-corrected chi connectivity index (χ1v) is 3.72. The molecule has 3 N–H and O–H groups in total. The van der Waals surface area contributed by atoms with Crippen LogP contribution in [0.2, 0.25) is 0 Å². The third kappa shape index (κ3) is 1.49. The van der Waals surface area contributed by atoms with Crippen molar-refractivity contribution in [2.75, 3.05) is 5.73 Å². The molecule has 0 heterocycles. The third-order valence-electron chi connectivity index (χ3n) is 1.72. The molecule has 0 unspecified atom stereocenters. The highest BCUT2D eigenvalue weighted by Crippen LogP contribution is 2.33. The maximum atomic E-state index is 11.0. The number of hydrogen-bond acceptors (Lipinski definition) is 5. The van der Waals surface area contributed by atoms with E-state index in [2.05, 4.69) is 0 Å². The van der Waals surface area contributed by atoms with Crippen LogP contribution in [0.3, 0.4) is 0 Å². The van der Waals surface area contributed by atoms with Gasteiger partial charge in [0.15, 0.2) is 11.5 Å². The zero-order valence-electron chi connectivity index (χ0n) is 7.35. The zero-order chi connectivity index (χ0) is 10.9. The van der Waals surface area contributed by atoms with Crippen molar-refractivity contribution in [2.24, 2.45) is 0 Å². The van der Waals surface area contributed by atoms with Crippen LogP contribution in [0.25, 0.3) is 0 Å². The first-order chi connectivity index (χ1) is 6.45. The van der Waals surface area contributed by atoms with Crippen LogP contribution in [-0.2, 0) is 0 Å². The fraction of sp³-hybridized carbons (Fsp3) is 0.125. The molecule has 1 aromatic carbocycles. The molecule has 0 aliphatic carbocycles. The normalized spacial score (nSPS) is 9.79. The van der Waals surface area contributed by atoms with E-state index in [9.17, 15) is 20.0 Å². The zero-order valence-corrected chi connectivity index (χ0v) is 7.35. The molecule has 6 heteroatoms. The summed E-state index contributed by atoms with van der Waals surface area (Å²) < 4.78 is 0. The van der Waals surface area contributed by atoms with Gasteiger partial charge in [0.05, 0.1) is 4.92 Å². The molecule has 0 amide bonds. The van der Waals surface area contributed by atoms with E-state index in [1.807, 2.05) is 0 Å². The van der Waals surface area contributed by atoms with Gasteiger partial charge < -0.3 is 10.8 Å². The molecule has 74 valence electrons. The number of anilines is 1. The summed E-state index contributed by atoms with van der Waals surface area (Å²) in [6.07, 6.45) is 0. The van der Waals surface area contributed by atoms with Crippen LogP contribution >= 0.6 is 0 Å². The van der Waals surface area contributed by atoms with Crippen molar-refractivity contribution in [3.05, 3.63) is 27.8 Å². The summed E-state index contributed by atoms with van der Waals surface area (Å²) >= 11 is 0. The number of aromatic hydroxyl groups is 1. The van der Waals surface area contributed by atoms with Gasteiger partial charge in [0, 0.05) is 5.69 Å². The van der Waals surface area contributed by atoms with Crippen LogP contribution in [0, 0.1) is 10.1 Å². The summed E-state index contributed by atoms with van der Waals surface area (Å²) in [6, 6.07) is 2.33. The standard InChI is InChI=1S/C8H8N2O4/c1-4(11)7-5(9)2-3-6(12)8(7)10(13)14/h2-3,12H,9H2,1H3. The van der Waals surface area contributed by atoms with Gasteiger partial charge in [-0.3, -0.25) is 14.9 Å². The molecular formula is C8H8N2O4. The molecule has 0 fully saturated rings. The summed E-state index contributed by atoms with van der Waals surface area (Å²) in [5.74, 6) is -1.11. The number of nitro benzene ring substituents is 1. The van der Waals surface area contributed by atoms with Gasteiger partial charge in [0.2, 0.25) is 0 Å². The van der Waals surface area contributed by atoms with Crippen molar-refractivity contribution in [1.82, 2.24) is 0 Å². The number of carbonyl (C=O) groups is 1. The second-order valence-corrected chi connectivity index (χ2v) is 2.71. The number of nitrogens with two attached hydrogens (primary N) is 1. The van der Waals surface area contributed by atoms with Crippen LogP contribution < -0.4 is 5.73 Å². The Labute approximate surface area is 79.1 Å². The van der Waals surface area contributed by atoms with E-state index in [4.69, 9.17) is 5.73 Å². The van der Waals surface area contributed by atoms with E-state index in [1.54, 1.807) is 0 Å². The van der Waals surface area contributed by atoms with Crippen molar-refractivity contribution >= 4 is 17.2 Å². The lowest BCUT2D eigenvalue weighted by Crippen LogP contribution is -2.04. The number of nitrogens with zero attached hydrogens (tertiary/aromatic N) is 1. The summed E-state index contributed by atoms with van der Waals surface area (Å²) in [5.41, 5.74) is 4.48. The lowest BCUT2D eigenvalue weighted by atomic mass is 10.1. The summed E-state index contributed by atoms with van der Waals surface area (Å²) in [6.45, 7) is 1.15. The van der Waals surface area contributed by atoms with Crippen LogP contribution in [0.5, 0.6) is 5.75 Å². The molecule has 0 radical (unpaired) electrons. The quantitative estimate of drug-likeness (QED) is 0.242. The van der Waals surface area contributed by atoms with Crippen molar-refractivity contribution in [3.8, 4) is 5.75 Å². The molecule has 0 atom stereocenters. The molecular weight excluding hydrogens is 188 g/mol. The lowest BCUT2D eigenvalue weighted by molar-refractivity contribution is -0.386. The number of rotatable bonds is 2. The number of carbonyl (C=O) groups excluding carboxylic acids is 1. The molecule has 0 bridgehead atoms. The lowest BCUT2D eigenvalue weighted by Gasteiger charge is -2.03. The van der Waals surface area contributed by atoms with E-state index in [0.717, 1.165) is 13.0 Å². The molecule has 0 aromatic heterocycles. The van der Waals surface area contributed by atoms with Crippen molar-refractivity contribution in [3.63, 3.8) is 0 Å². The number of phenols is 1. The Kier molecular flexibility index (Phi) is 2.37. The smallest absolute Gasteiger partial charge is 0.323 e. The van der Waals surface area contributed by atoms with Gasteiger partial charge in [-0.1, -0.05) is 0 Å². The summed E-state index contributed by atoms with van der Waals surface area (Å²) in [4.78, 5) is 20.8. The Balaban J connectivity index is 3.58. The van der Waals surface area contributed by atoms with Crippen molar-refractivity contribution in [1.29, 1.82) is 0 Å². The fourth-order valence-corrected chi connectivity index (χ4v) is 1.15. The highest BCUT2D eigenvalue weighted by Gasteiger charge is 2.24. The van der Waals surface area contributed by atoms with Crippen LogP contribution in [-0.4, -0.2) is 15.8 Å². The minimum Gasteiger partial charge on any atom is -0.502 e. The average Bonchev–Trinajstić information content (AvgIpc) is 2.07. The SMILES string of the molecule is CC(=O)c1c(N)ccc(O)c1[N+](=O)[O-]. The summed E-state index contributed by atoms with van der Waals surface area (Å²) in [7, 11) is 0. The Hall–Kier alpha value is -2.11. The van der Waals surface area contributed by atoms with Gasteiger partial charge in [-0.05, 0) is 19.1 Å². The van der Waals surface area contributed by atoms with Crippen LogP contribution in [0.1, 0.15) is 17.3 Å². The van der Waals surface area contributed by atoms with Gasteiger partial charge in [0.25, 0.3) is 0 Å². The second kappa shape index (κ2) is 3.33. The van der Waals surface area contributed by atoms with Gasteiger partial charge in [0.1, 0.15) is 5.56 Å². The Bertz CT molecular complexity index is 375. The fourth-order valence-electron chi connectivity index (χ4n) is 1.15. The third-order valence-corrected chi connectivity index (χ3v) is 1.72. The number of benzene rings is 1. The number of hydrogen-bond donors (Lipinski definition) is 2. The molecule has 1 aromatic rings. The second-order valence-electron chi connectivity index (χ2n) is 2.71. The van der Waals surface area contributed by atoms with Gasteiger partial charge >= 0.3 is 5.69 Å². The molecule has 0 aliphatic rings. The highest BCUT2D eigenvalue weighted by atomic mass is 16.6. The number of phenolic OH excluding ortho intramolecular Hbond substituents is 1. The molecule has 14 heavy (non-hydrogen) atoms. The maximum Gasteiger partial charge on any atom is 0.323 e. The average molecular weight is 196 g/mol. The largest absolute Gasteiger partial charge is 0.502 e. The maximum absolute atomic E-state index is 11.0. The number of nitro groups is 1. The predicted molar refractivity (Wildman–Crippen MR) is 49.2 cm³/mol. The van der Waals surface area contributed by atoms with Gasteiger partial charge in [-0.25, -0.2) is 0 Å². The van der Waals surface area contributed by atoms with Crippen LogP contribution in [0.15, 0.2) is 12.1 Å². The predicted octanol–water partition coefficient (Wildman–Crippen LogP) is 1.09. The highest BCUT2D eigenvalue weighted by molar-refractivity contribution is 6.04. The minimum absolute atomic E-state index is 0.0120. The van der Waals surface area contributed by atoms with E-state index in [1.165, 1.54) is 6.07 Å². The molecule has 1 rings (SSSR count). The van der Waals surface area contributed by atoms with Crippen molar-refractivity contribution < 1.29 is 14.8 Å². The molecule has 0 saturated carbocycles. The van der Waals surface area contributed by atoms with E-state index in [0.29, 0.717) is 0 Å². The molecule has 0 spiro atoms. The minimum atomic E-state index is -0.831. The number of ketones is 1. The van der Waals surface area contributed by atoms with E-state index >= 15 is 0 Å². The number of Topliss-reactive ketones (excluding diaryl/α,β-unsaturated/α-hetero) is 1. The van der Waals surface area contributed by atoms with E-state index in [-0.39, 0.29) is 11.3 Å². The Morgan fingerprint density at radius 1 is 1.57 bits per heavy atom. The van der Waals surface area contributed by atoms with Gasteiger partial charge in [-0.15, -0.1) is 0 Å². The number of nitrogen functional groups attached to an aromatic ring is 1. The molecule has 0 saturated heterocycles. The van der Waals surface area contributed by atoms with Crippen molar-refractivity contribution in [2.45, 2.75) is 6.92 Å². The summed E-state index contributed by atoms with van der Waals surface area (Å²) in [5, 5.41) is 19.7. The first kappa shape index (κ1) is 9.97. The van der Waals surface area contributed by atoms with Crippen LogP contribution in [0.4, 0.5) is 11.4 Å².